The highest BCUT2D eigenvalue weighted by Crippen LogP contribution is 2.27. The van der Waals surface area contributed by atoms with E-state index < -0.39 is 5.82 Å². The fourth-order valence-corrected chi connectivity index (χ4v) is 3.41. The lowest BCUT2D eigenvalue weighted by Gasteiger charge is -2.32. The molecule has 9 heteroatoms. The van der Waals surface area contributed by atoms with Gasteiger partial charge >= 0.3 is 0 Å². The SMILES string of the molecule is COc1ccc(C(=O)Nc2ccnn2C2CCN(c3ncc(F)cn3)CC2)cc1. The summed E-state index contributed by atoms with van der Waals surface area (Å²) in [6, 6.07) is 8.87. The number of carbonyl (C=O) groups is 1. The quantitative estimate of drug-likeness (QED) is 0.714. The summed E-state index contributed by atoms with van der Waals surface area (Å²) in [7, 11) is 1.58. The number of ether oxygens (including phenoxy) is 1. The number of nitrogens with zero attached hydrogens (tertiary/aromatic N) is 5. The molecule has 8 nitrogen and oxygen atoms in total. The summed E-state index contributed by atoms with van der Waals surface area (Å²) in [4.78, 5) is 22.7. The van der Waals surface area contributed by atoms with Crippen LogP contribution in [-0.4, -0.2) is 45.9 Å². The fourth-order valence-electron chi connectivity index (χ4n) is 3.41. The zero-order chi connectivity index (χ0) is 20.2. The van der Waals surface area contributed by atoms with Crippen LogP contribution in [0.3, 0.4) is 0 Å². The van der Waals surface area contributed by atoms with Gasteiger partial charge in [-0.1, -0.05) is 0 Å². The van der Waals surface area contributed by atoms with E-state index in [1.54, 1.807) is 43.6 Å². The molecule has 1 aliphatic rings. The van der Waals surface area contributed by atoms with E-state index in [4.69, 9.17) is 4.74 Å². The van der Waals surface area contributed by atoms with Crippen LogP contribution in [-0.2, 0) is 0 Å². The lowest BCUT2D eigenvalue weighted by Crippen LogP contribution is -2.36. The van der Waals surface area contributed by atoms with Crippen LogP contribution in [0.25, 0.3) is 0 Å². The second-order valence-electron chi connectivity index (χ2n) is 6.76. The third-order valence-corrected chi connectivity index (χ3v) is 4.96. The Morgan fingerprint density at radius 1 is 1.14 bits per heavy atom. The molecule has 0 unspecified atom stereocenters. The van der Waals surface area contributed by atoms with Crippen molar-refractivity contribution in [2.75, 3.05) is 30.4 Å². The van der Waals surface area contributed by atoms with Crippen LogP contribution in [0.5, 0.6) is 5.75 Å². The average molecular weight is 396 g/mol. The molecular formula is C20H21FN6O2. The van der Waals surface area contributed by atoms with Crippen LogP contribution in [0.15, 0.2) is 48.9 Å². The van der Waals surface area contributed by atoms with Gasteiger partial charge in [-0.25, -0.2) is 19.0 Å². The number of nitrogens with one attached hydrogen (secondary N) is 1. The molecule has 0 saturated carbocycles. The molecule has 1 N–H and O–H groups in total. The number of aromatic nitrogens is 4. The second kappa shape index (κ2) is 8.26. The molecular weight excluding hydrogens is 375 g/mol. The second-order valence-corrected chi connectivity index (χ2v) is 6.76. The minimum absolute atomic E-state index is 0.146. The molecule has 0 bridgehead atoms. The number of benzene rings is 1. The monoisotopic (exact) mass is 396 g/mol. The average Bonchev–Trinajstić information content (AvgIpc) is 3.22. The van der Waals surface area contributed by atoms with Gasteiger partial charge in [0.15, 0.2) is 5.82 Å². The Morgan fingerprint density at radius 2 is 1.83 bits per heavy atom. The maximum Gasteiger partial charge on any atom is 0.256 e. The first kappa shape index (κ1) is 18.9. The molecule has 0 atom stereocenters. The number of methoxy groups -OCH3 is 1. The largest absolute Gasteiger partial charge is 0.497 e. The van der Waals surface area contributed by atoms with Gasteiger partial charge < -0.3 is 15.0 Å². The van der Waals surface area contributed by atoms with Gasteiger partial charge in [0.2, 0.25) is 5.95 Å². The number of amides is 1. The molecule has 1 aromatic carbocycles. The normalized spacial score (nSPS) is 14.6. The Bertz CT molecular complexity index is 965. The van der Waals surface area contributed by atoms with Crippen molar-refractivity contribution in [3.05, 3.63) is 60.3 Å². The van der Waals surface area contributed by atoms with Crippen LogP contribution in [0, 0.1) is 5.82 Å². The van der Waals surface area contributed by atoms with Gasteiger partial charge in [-0.05, 0) is 37.1 Å². The summed E-state index contributed by atoms with van der Waals surface area (Å²) in [5.74, 6) is 1.23. The zero-order valence-electron chi connectivity index (χ0n) is 16.0. The first-order valence-corrected chi connectivity index (χ1v) is 9.35. The zero-order valence-corrected chi connectivity index (χ0v) is 16.0. The van der Waals surface area contributed by atoms with Crippen molar-refractivity contribution >= 4 is 17.7 Å². The molecule has 1 aliphatic heterocycles. The third-order valence-electron chi connectivity index (χ3n) is 4.96. The lowest BCUT2D eigenvalue weighted by molar-refractivity contribution is 0.102. The van der Waals surface area contributed by atoms with Crippen molar-refractivity contribution in [1.82, 2.24) is 19.7 Å². The van der Waals surface area contributed by atoms with Gasteiger partial charge in [0, 0.05) is 24.7 Å². The van der Waals surface area contributed by atoms with Crippen molar-refractivity contribution in [2.45, 2.75) is 18.9 Å². The van der Waals surface area contributed by atoms with E-state index in [-0.39, 0.29) is 11.9 Å². The Labute approximate surface area is 167 Å². The summed E-state index contributed by atoms with van der Waals surface area (Å²) in [6.45, 7) is 1.45. The summed E-state index contributed by atoms with van der Waals surface area (Å²) in [5.41, 5.74) is 0.543. The molecule has 150 valence electrons. The standard InChI is InChI=1S/C20H21FN6O2/c1-29-17-4-2-14(3-5-17)19(28)25-18-6-9-24-27(18)16-7-10-26(11-8-16)20-22-12-15(21)13-23-20/h2-6,9,12-13,16H,7-8,10-11H2,1H3,(H,25,28). The van der Waals surface area contributed by atoms with Crippen molar-refractivity contribution in [3.63, 3.8) is 0 Å². The summed E-state index contributed by atoms with van der Waals surface area (Å²) in [6.07, 6.45) is 5.66. The topological polar surface area (TPSA) is 85.2 Å². The Balaban J connectivity index is 1.40. The van der Waals surface area contributed by atoms with Crippen LogP contribution in [0.1, 0.15) is 29.2 Å². The predicted molar refractivity (Wildman–Crippen MR) is 106 cm³/mol. The fraction of sp³-hybridized carbons (Fsp3) is 0.300. The lowest BCUT2D eigenvalue weighted by atomic mass is 10.1. The molecule has 0 radical (unpaired) electrons. The van der Waals surface area contributed by atoms with E-state index >= 15 is 0 Å². The first-order valence-electron chi connectivity index (χ1n) is 9.35. The van der Waals surface area contributed by atoms with Gasteiger partial charge in [0.05, 0.1) is 31.7 Å². The maximum atomic E-state index is 13.0. The first-order chi connectivity index (χ1) is 14.1. The number of anilines is 2. The van der Waals surface area contributed by atoms with E-state index in [0.717, 1.165) is 25.9 Å². The number of rotatable bonds is 5. The Morgan fingerprint density at radius 3 is 2.48 bits per heavy atom. The smallest absolute Gasteiger partial charge is 0.256 e. The van der Waals surface area contributed by atoms with Crippen molar-refractivity contribution < 1.29 is 13.9 Å². The molecule has 2 aromatic heterocycles. The number of hydrogen-bond acceptors (Lipinski definition) is 6. The highest BCUT2D eigenvalue weighted by atomic mass is 19.1. The van der Waals surface area contributed by atoms with Crippen LogP contribution in [0.4, 0.5) is 16.2 Å². The van der Waals surface area contributed by atoms with Crippen LogP contribution < -0.4 is 15.0 Å². The predicted octanol–water partition coefficient (Wildman–Crippen LogP) is 2.91. The number of piperidine rings is 1. The minimum Gasteiger partial charge on any atom is -0.497 e. The van der Waals surface area contributed by atoms with Crippen LogP contribution >= 0.6 is 0 Å². The molecule has 0 aliphatic carbocycles. The van der Waals surface area contributed by atoms with Crippen LogP contribution in [0.2, 0.25) is 0 Å². The molecule has 1 fully saturated rings. The molecule has 3 heterocycles. The highest BCUT2D eigenvalue weighted by molar-refractivity contribution is 6.03. The molecule has 0 spiro atoms. The van der Waals surface area contributed by atoms with Gasteiger partial charge in [-0.3, -0.25) is 4.79 Å². The molecule has 1 saturated heterocycles. The minimum atomic E-state index is -0.447. The summed E-state index contributed by atoms with van der Waals surface area (Å²) in [5, 5.41) is 7.34. The van der Waals surface area contributed by atoms with Gasteiger partial charge in [-0.15, -0.1) is 0 Å². The van der Waals surface area contributed by atoms with E-state index in [1.807, 2.05) is 9.58 Å². The van der Waals surface area contributed by atoms with Crippen molar-refractivity contribution in [3.8, 4) is 5.75 Å². The molecule has 4 rings (SSSR count). The van der Waals surface area contributed by atoms with Crippen molar-refractivity contribution in [1.29, 1.82) is 0 Å². The maximum absolute atomic E-state index is 13.0. The van der Waals surface area contributed by atoms with Crippen molar-refractivity contribution in [2.24, 2.45) is 0 Å². The molecule has 29 heavy (non-hydrogen) atoms. The van der Waals surface area contributed by atoms with E-state index in [0.29, 0.717) is 23.1 Å². The number of carbonyl (C=O) groups excluding carboxylic acids is 1. The highest BCUT2D eigenvalue weighted by Gasteiger charge is 2.24. The summed E-state index contributed by atoms with van der Waals surface area (Å²) >= 11 is 0. The van der Waals surface area contributed by atoms with Gasteiger partial charge in [0.25, 0.3) is 5.91 Å². The third kappa shape index (κ3) is 4.18. The Kier molecular flexibility index (Phi) is 5.37. The molecule has 3 aromatic rings. The molecule has 1 amide bonds. The number of halogens is 1. The summed E-state index contributed by atoms with van der Waals surface area (Å²) < 4.78 is 20.0. The van der Waals surface area contributed by atoms with E-state index in [2.05, 4.69) is 20.4 Å². The van der Waals surface area contributed by atoms with E-state index in [9.17, 15) is 9.18 Å². The van der Waals surface area contributed by atoms with Gasteiger partial charge in [-0.2, -0.15) is 5.10 Å². The number of hydrogen-bond donors (Lipinski definition) is 1. The Hall–Kier alpha value is -3.49. The van der Waals surface area contributed by atoms with Gasteiger partial charge in [0.1, 0.15) is 11.6 Å². The van der Waals surface area contributed by atoms with E-state index in [1.165, 1.54) is 12.4 Å².